The number of ether oxygens (including phenoxy) is 1. The van der Waals surface area contributed by atoms with E-state index in [2.05, 4.69) is 40.1 Å². The number of hydrogen-bond acceptors (Lipinski definition) is 6. The molecule has 242 valence electrons. The highest BCUT2D eigenvalue weighted by molar-refractivity contribution is 6.11. The first-order chi connectivity index (χ1) is 22.6. The number of hydrogen-bond donors (Lipinski definition) is 2. The smallest absolute Gasteiger partial charge is 0.248 e. The van der Waals surface area contributed by atoms with Crippen molar-refractivity contribution in [3.05, 3.63) is 94.6 Å². The average molecular weight is 639 g/mol. The number of nitrogens with one attached hydrogen (secondary N) is 2. The highest BCUT2D eigenvalue weighted by atomic mass is 19.1. The van der Waals surface area contributed by atoms with Gasteiger partial charge >= 0.3 is 0 Å². The molecule has 0 saturated carbocycles. The minimum Gasteiger partial charge on any atom is -0.380 e. The van der Waals surface area contributed by atoms with Crippen molar-refractivity contribution in [3.8, 4) is 11.1 Å². The molecular weight excluding hydrogens is 602 g/mol. The van der Waals surface area contributed by atoms with E-state index in [1.54, 1.807) is 6.08 Å². The van der Waals surface area contributed by atoms with Crippen molar-refractivity contribution in [1.29, 1.82) is 0 Å². The number of ketones is 1. The number of fused-ring (bicyclic) bond motifs is 4. The molecule has 3 aromatic heterocycles. The van der Waals surface area contributed by atoms with E-state index < -0.39 is 29.0 Å². The monoisotopic (exact) mass is 638 g/mol. The largest absolute Gasteiger partial charge is 0.380 e. The molecule has 2 aliphatic heterocycles. The Morgan fingerprint density at radius 1 is 1.13 bits per heavy atom. The number of aryl methyl sites for hydroxylation is 3. The fourth-order valence-corrected chi connectivity index (χ4v) is 6.80. The van der Waals surface area contributed by atoms with Gasteiger partial charge in [-0.05, 0) is 68.1 Å². The Labute approximate surface area is 270 Å². The molecule has 0 radical (unpaired) electrons. The van der Waals surface area contributed by atoms with Crippen molar-refractivity contribution < 1.29 is 23.1 Å². The standard InChI is InChI=1S/C36H36F2N6O3/c1-20-15-28-33(40-21(2)43(28)4)35-31(20)25-7-6-12-44-29(18-22(34(25)44)9-13-42(35)3)36(46)23-16-26(37)32(27(38)17-23)41-30(45)8-5-11-39-24-10-14-47-19-24/h5-8,12,15-18,24,39H,9-11,13-14,19H2,1-4H3,(H,41,45)/b8-5+/t24-/m0/s1. The van der Waals surface area contributed by atoms with E-state index in [0.29, 0.717) is 38.4 Å². The summed E-state index contributed by atoms with van der Waals surface area (Å²) in [7, 11) is 4.07. The molecule has 0 spiro atoms. The molecule has 2 aromatic carbocycles. The first-order valence-electron chi connectivity index (χ1n) is 15.8. The van der Waals surface area contributed by atoms with E-state index in [1.807, 2.05) is 42.8 Å². The molecule has 2 aliphatic rings. The Kier molecular flexibility index (Phi) is 7.89. The molecule has 0 unspecified atom stereocenters. The molecule has 1 amide bonds. The molecule has 1 fully saturated rings. The number of aromatic nitrogens is 3. The van der Waals surface area contributed by atoms with Crippen molar-refractivity contribution in [2.75, 3.05) is 43.6 Å². The van der Waals surface area contributed by atoms with Crippen LogP contribution in [0.3, 0.4) is 0 Å². The normalized spacial score (nSPS) is 16.2. The van der Waals surface area contributed by atoms with E-state index in [-0.39, 0.29) is 11.6 Å². The van der Waals surface area contributed by atoms with Gasteiger partial charge in [0.05, 0.1) is 29.0 Å². The number of carbonyl (C=O) groups excluding carboxylic acids is 2. The van der Waals surface area contributed by atoms with Gasteiger partial charge in [-0.25, -0.2) is 13.8 Å². The molecular formula is C36H36F2N6O3. The lowest BCUT2D eigenvalue weighted by Gasteiger charge is -2.27. The topological polar surface area (TPSA) is 92.9 Å². The fraction of sp³-hybridized carbons (Fsp3) is 0.306. The molecule has 1 atom stereocenters. The highest BCUT2D eigenvalue weighted by Gasteiger charge is 2.28. The molecule has 11 heteroatoms. The molecule has 7 rings (SSSR count). The molecule has 1 saturated heterocycles. The second kappa shape index (κ2) is 12.1. The van der Waals surface area contributed by atoms with Gasteiger partial charge < -0.3 is 29.2 Å². The third-order valence-electron chi connectivity index (χ3n) is 9.32. The van der Waals surface area contributed by atoms with Crippen LogP contribution in [0.2, 0.25) is 0 Å². The zero-order valence-electron chi connectivity index (χ0n) is 26.8. The number of carbonyl (C=O) groups is 2. The average Bonchev–Trinajstić information content (AvgIpc) is 3.77. The van der Waals surface area contributed by atoms with Gasteiger partial charge in [0.2, 0.25) is 11.7 Å². The van der Waals surface area contributed by atoms with Crippen LogP contribution in [0, 0.1) is 25.5 Å². The predicted molar refractivity (Wildman–Crippen MR) is 178 cm³/mol. The summed E-state index contributed by atoms with van der Waals surface area (Å²) >= 11 is 0. The number of amides is 1. The lowest BCUT2D eigenvalue weighted by Crippen LogP contribution is -2.29. The quantitative estimate of drug-likeness (QED) is 0.181. The summed E-state index contributed by atoms with van der Waals surface area (Å²) in [6, 6.07) is 10.1. The van der Waals surface area contributed by atoms with Gasteiger partial charge in [-0.1, -0.05) is 12.1 Å². The Bertz CT molecular complexity index is 2080. The maximum Gasteiger partial charge on any atom is 0.248 e. The number of halogens is 2. The summed E-state index contributed by atoms with van der Waals surface area (Å²) in [5, 5.41) is 5.49. The lowest BCUT2D eigenvalue weighted by molar-refractivity contribution is -0.112. The summed E-state index contributed by atoms with van der Waals surface area (Å²) in [6.07, 6.45) is 6.15. The van der Waals surface area contributed by atoms with Gasteiger partial charge in [0.1, 0.15) is 28.7 Å². The molecule has 5 heterocycles. The molecule has 0 bridgehead atoms. The van der Waals surface area contributed by atoms with Crippen LogP contribution in [0.5, 0.6) is 0 Å². The van der Waals surface area contributed by atoms with Crippen LogP contribution in [-0.2, 0) is 23.0 Å². The highest BCUT2D eigenvalue weighted by Crippen LogP contribution is 2.44. The SMILES string of the molecule is Cc1cc2c(nc(C)n2C)c2c1-c1cccn3c(C(=O)c4cc(F)c(NC(=O)/C=C/CN[C@H]5CCOC5)c(F)c4)cc(c13)CCN2C. The Balaban J connectivity index is 1.21. The maximum atomic E-state index is 15.2. The number of anilines is 2. The zero-order chi connectivity index (χ0) is 33.0. The Morgan fingerprint density at radius 3 is 2.66 bits per heavy atom. The Morgan fingerprint density at radius 2 is 1.91 bits per heavy atom. The van der Waals surface area contributed by atoms with Gasteiger partial charge in [-0.15, -0.1) is 0 Å². The first kappa shape index (κ1) is 30.8. The number of rotatable bonds is 7. The molecule has 9 nitrogen and oxygen atoms in total. The predicted octanol–water partition coefficient (Wildman–Crippen LogP) is 5.48. The number of likely N-dealkylation sites (N-methyl/N-ethyl adjacent to an activating group) is 1. The van der Waals surface area contributed by atoms with Crippen LogP contribution in [0.1, 0.15) is 39.4 Å². The second-order valence-electron chi connectivity index (χ2n) is 12.4. The van der Waals surface area contributed by atoms with Crippen LogP contribution in [0.25, 0.3) is 27.7 Å². The van der Waals surface area contributed by atoms with Crippen LogP contribution in [0.15, 0.2) is 54.7 Å². The maximum absolute atomic E-state index is 15.2. The van der Waals surface area contributed by atoms with Crippen molar-refractivity contribution >= 4 is 39.6 Å². The third-order valence-corrected chi connectivity index (χ3v) is 9.32. The number of imidazole rings is 1. The second-order valence-corrected chi connectivity index (χ2v) is 12.4. The molecule has 2 N–H and O–H groups in total. The summed E-state index contributed by atoms with van der Waals surface area (Å²) in [5.41, 5.74) is 7.47. The van der Waals surface area contributed by atoms with Crippen molar-refractivity contribution in [2.24, 2.45) is 7.05 Å². The molecule has 5 aromatic rings. The van der Waals surface area contributed by atoms with E-state index in [9.17, 15) is 9.59 Å². The van der Waals surface area contributed by atoms with Crippen LogP contribution >= 0.6 is 0 Å². The first-order valence-corrected chi connectivity index (χ1v) is 15.8. The summed E-state index contributed by atoms with van der Waals surface area (Å²) in [6.45, 7) is 6.48. The van der Waals surface area contributed by atoms with Crippen molar-refractivity contribution in [1.82, 2.24) is 19.3 Å². The van der Waals surface area contributed by atoms with E-state index in [0.717, 1.165) is 68.9 Å². The van der Waals surface area contributed by atoms with Gasteiger partial charge in [-0.3, -0.25) is 9.59 Å². The number of benzene rings is 2. The lowest BCUT2D eigenvalue weighted by atomic mass is 9.93. The van der Waals surface area contributed by atoms with E-state index in [4.69, 9.17) is 9.72 Å². The summed E-state index contributed by atoms with van der Waals surface area (Å²) in [5.74, 6) is -2.35. The van der Waals surface area contributed by atoms with Crippen LogP contribution < -0.4 is 15.5 Å². The van der Waals surface area contributed by atoms with Crippen molar-refractivity contribution in [2.45, 2.75) is 32.7 Å². The van der Waals surface area contributed by atoms with Crippen LogP contribution in [-0.4, -0.2) is 65.0 Å². The van der Waals surface area contributed by atoms with Gasteiger partial charge in [-0.2, -0.15) is 0 Å². The summed E-state index contributed by atoms with van der Waals surface area (Å²) in [4.78, 5) is 33.4. The third kappa shape index (κ3) is 5.39. The Hall–Kier alpha value is -4.87. The molecule has 47 heavy (non-hydrogen) atoms. The minimum absolute atomic E-state index is 0.151. The fourth-order valence-electron chi connectivity index (χ4n) is 6.80. The number of pyridine rings is 1. The molecule has 0 aliphatic carbocycles. The van der Waals surface area contributed by atoms with Crippen molar-refractivity contribution in [3.63, 3.8) is 0 Å². The minimum atomic E-state index is -1.03. The van der Waals surface area contributed by atoms with E-state index in [1.165, 1.54) is 6.08 Å². The van der Waals surface area contributed by atoms with Gasteiger partial charge in [0.25, 0.3) is 0 Å². The van der Waals surface area contributed by atoms with E-state index >= 15 is 8.78 Å². The summed E-state index contributed by atoms with van der Waals surface area (Å²) < 4.78 is 39.7. The van der Waals surface area contributed by atoms with Gasteiger partial charge in [0.15, 0.2) is 0 Å². The van der Waals surface area contributed by atoms with Crippen LogP contribution in [0.4, 0.5) is 20.2 Å². The zero-order valence-corrected chi connectivity index (χ0v) is 26.8. The van der Waals surface area contributed by atoms with Gasteiger partial charge in [0, 0.05) is 68.8 Å². The number of nitrogens with zero attached hydrogens (tertiary/aromatic N) is 4.